The van der Waals surface area contributed by atoms with E-state index >= 15 is 0 Å². The van der Waals surface area contributed by atoms with E-state index in [0.717, 1.165) is 31.5 Å². The Hall–Kier alpha value is -1.35. The molecular formula is C13H17NO2. The maximum atomic E-state index is 12.2. The lowest BCUT2D eigenvalue weighted by Crippen LogP contribution is -2.33. The zero-order chi connectivity index (χ0) is 11.4. The molecule has 2 rings (SSSR count). The Bertz CT molecular complexity index is 344. The van der Waals surface area contributed by atoms with Crippen LogP contribution in [0.4, 0.5) is 0 Å². The number of nitrogens with zero attached hydrogens (tertiary/aromatic N) is 1. The van der Waals surface area contributed by atoms with Gasteiger partial charge in [-0.25, -0.2) is 0 Å². The normalized spacial score (nSPS) is 17.4. The summed E-state index contributed by atoms with van der Waals surface area (Å²) in [6.07, 6.45) is 1.77. The molecule has 16 heavy (non-hydrogen) atoms. The van der Waals surface area contributed by atoms with Gasteiger partial charge in [-0.2, -0.15) is 0 Å². The highest BCUT2D eigenvalue weighted by Crippen LogP contribution is 2.21. The third-order valence-electron chi connectivity index (χ3n) is 2.98. The van der Waals surface area contributed by atoms with Crippen LogP contribution in [-0.2, 0) is 9.53 Å². The van der Waals surface area contributed by atoms with E-state index in [1.165, 1.54) is 0 Å². The SMILES string of the molecule is COC(C(=O)N1CCCC1)c1ccccc1. The number of methoxy groups -OCH3 is 1. The molecule has 1 saturated heterocycles. The lowest BCUT2D eigenvalue weighted by Gasteiger charge is -2.22. The molecule has 0 aliphatic carbocycles. The van der Waals surface area contributed by atoms with Gasteiger partial charge in [-0.1, -0.05) is 30.3 Å². The van der Waals surface area contributed by atoms with Gasteiger partial charge >= 0.3 is 0 Å². The van der Waals surface area contributed by atoms with E-state index in [1.54, 1.807) is 7.11 Å². The Balaban J connectivity index is 2.13. The van der Waals surface area contributed by atoms with Crippen LogP contribution in [0.3, 0.4) is 0 Å². The van der Waals surface area contributed by atoms with Crippen molar-refractivity contribution >= 4 is 5.91 Å². The summed E-state index contributed by atoms with van der Waals surface area (Å²) in [7, 11) is 1.59. The zero-order valence-corrected chi connectivity index (χ0v) is 9.56. The predicted molar refractivity (Wildman–Crippen MR) is 62.0 cm³/mol. The number of hydrogen-bond donors (Lipinski definition) is 0. The zero-order valence-electron chi connectivity index (χ0n) is 9.56. The largest absolute Gasteiger partial charge is 0.367 e. The number of hydrogen-bond acceptors (Lipinski definition) is 2. The molecule has 1 heterocycles. The highest BCUT2D eigenvalue weighted by Gasteiger charge is 2.27. The van der Waals surface area contributed by atoms with Crippen LogP contribution in [0.2, 0.25) is 0 Å². The van der Waals surface area contributed by atoms with Crippen molar-refractivity contribution in [2.24, 2.45) is 0 Å². The fourth-order valence-electron chi connectivity index (χ4n) is 2.11. The first-order valence-corrected chi connectivity index (χ1v) is 5.69. The molecule has 3 heteroatoms. The fraction of sp³-hybridized carbons (Fsp3) is 0.462. The summed E-state index contributed by atoms with van der Waals surface area (Å²) in [4.78, 5) is 14.1. The minimum absolute atomic E-state index is 0.0891. The van der Waals surface area contributed by atoms with Crippen molar-refractivity contribution in [3.63, 3.8) is 0 Å². The van der Waals surface area contributed by atoms with E-state index in [4.69, 9.17) is 4.74 Å². The van der Waals surface area contributed by atoms with Crippen LogP contribution in [0.1, 0.15) is 24.5 Å². The Kier molecular flexibility index (Phi) is 3.57. The van der Waals surface area contributed by atoms with Gasteiger partial charge in [-0.05, 0) is 18.4 Å². The molecule has 86 valence electrons. The third kappa shape index (κ3) is 2.25. The molecule has 1 amide bonds. The number of likely N-dealkylation sites (tertiary alicyclic amines) is 1. The smallest absolute Gasteiger partial charge is 0.256 e. The molecule has 0 bridgehead atoms. The lowest BCUT2D eigenvalue weighted by molar-refractivity contribution is -0.141. The minimum Gasteiger partial charge on any atom is -0.367 e. The number of carbonyl (C=O) groups is 1. The molecule has 1 aromatic rings. The summed E-state index contributed by atoms with van der Waals surface area (Å²) in [6, 6.07) is 9.66. The molecule has 0 aromatic heterocycles. The maximum absolute atomic E-state index is 12.2. The number of amides is 1. The first-order chi connectivity index (χ1) is 7.83. The van der Waals surface area contributed by atoms with E-state index in [2.05, 4.69) is 0 Å². The second kappa shape index (κ2) is 5.12. The Morgan fingerprint density at radius 1 is 1.25 bits per heavy atom. The van der Waals surface area contributed by atoms with E-state index in [9.17, 15) is 4.79 Å². The van der Waals surface area contributed by atoms with E-state index in [0.29, 0.717) is 0 Å². The van der Waals surface area contributed by atoms with Crippen molar-refractivity contribution in [3.8, 4) is 0 Å². The molecule has 1 unspecified atom stereocenters. The van der Waals surface area contributed by atoms with Crippen molar-refractivity contribution in [3.05, 3.63) is 35.9 Å². The van der Waals surface area contributed by atoms with Gasteiger partial charge in [0.25, 0.3) is 5.91 Å². The van der Waals surface area contributed by atoms with Gasteiger partial charge in [-0.3, -0.25) is 4.79 Å². The summed E-state index contributed by atoms with van der Waals surface area (Å²) in [5, 5.41) is 0. The molecule has 0 N–H and O–H groups in total. The van der Waals surface area contributed by atoms with Gasteiger partial charge in [0.2, 0.25) is 0 Å². The Morgan fingerprint density at radius 3 is 2.44 bits per heavy atom. The molecule has 0 saturated carbocycles. The average Bonchev–Trinajstić information content (AvgIpc) is 2.85. The standard InChI is InChI=1S/C13H17NO2/c1-16-12(11-7-3-2-4-8-11)13(15)14-9-5-6-10-14/h2-4,7-8,12H,5-6,9-10H2,1H3. The molecule has 1 aromatic carbocycles. The third-order valence-corrected chi connectivity index (χ3v) is 2.98. The highest BCUT2D eigenvalue weighted by molar-refractivity contribution is 5.82. The number of carbonyl (C=O) groups excluding carboxylic acids is 1. The summed E-state index contributed by atoms with van der Waals surface area (Å²) in [6.45, 7) is 1.73. The van der Waals surface area contributed by atoms with Crippen LogP contribution in [0.5, 0.6) is 0 Å². The highest BCUT2D eigenvalue weighted by atomic mass is 16.5. The second-order valence-electron chi connectivity index (χ2n) is 4.06. The molecule has 0 spiro atoms. The van der Waals surface area contributed by atoms with Crippen LogP contribution in [0.25, 0.3) is 0 Å². The van der Waals surface area contributed by atoms with Crippen LogP contribution in [-0.4, -0.2) is 31.0 Å². The molecule has 3 nitrogen and oxygen atoms in total. The average molecular weight is 219 g/mol. The van der Waals surface area contributed by atoms with Crippen LogP contribution < -0.4 is 0 Å². The molecular weight excluding hydrogens is 202 g/mol. The monoisotopic (exact) mass is 219 g/mol. The quantitative estimate of drug-likeness (QED) is 0.778. The van der Waals surface area contributed by atoms with E-state index < -0.39 is 6.10 Å². The van der Waals surface area contributed by atoms with Gasteiger partial charge in [0.1, 0.15) is 0 Å². The number of ether oxygens (including phenoxy) is 1. The van der Waals surface area contributed by atoms with Crippen molar-refractivity contribution in [2.45, 2.75) is 18.9 Å². The Morgan fingerprint density at radius 2 is 1.88 bits per heavy atom. The molecule has 1 aliphatic heterocycles. The molecule has 1 fully saturated rings. The van der Waals surface area contributed by atoms with Gasteiger partial charge in [0, 0.05) is 20.2 Å². The summed E-state index contributed by atoms with van der Waals surface area (Å²) in [5.74, 6) is 0.0891. The fourth-order valence-corrected chi connectivity index (χ4v) is 2.11. The Labute approximate surface area is 96.0 Å². The lowest BCUT2D eigenvalue weighted by atomic mass is 10.1. The molecule has 1 aliphatic rings. The minimum atomic E-state index is -0.445. The van der Waals surface area contributed by atoms with Crippen molar-refractivity contribution in [1.82, 2.24) is 4.90 Å². The molecule has 1 atom stereocenters. The van der Waals surface area contributed by atoms with Gasteiger partial charge in [-0.15, -0.1) is 0 Å². The van der Waals surface area contributed by atoms with Gasteiger partial charge < -0.3 is 9.64 Å². The van der Waals surface area contributed by atoms with E-state index in [-0.39, 0.29) is 5.91 Å². The van der Waals surface area contributed by atoms with Crippen molar-refractivity contribution in [2.75, 3.05) is 20.2 Å². The van der Waals surface area contributed by atoms with Gasteiger partial charge in [0.05, 0.1) is 0 Å². The number of rotatable bonds is 3. The second-order valence-corrected chi connectivity index (χ2v) is 4.06. The first kappa shape index (κ1) is 11.1. The van der Waals surface area contributed by atoms with Crippen molar-refractivity contribution < 1.29 is 9.53 Å². The summed E-state index contributed by atoms with van der Waals surface area (Å²) < 4.78 is 5.32. The predicted octanol–water partition coefficient (Wildman–Crippen LogP) is 2.00. The first-order valence-electron chi connectivity index (χ1n) is 5.69. The van der Waals surface area contributed by atoms with E-state index in [1.807, 2.05) is 35.2 Å². The summed E-state index contributed by atoms with van der Waals surface area (Å²) >= 11 is 0. The summed E-state index contributed by atoms with van der Waals surface area (Å²) in [5.41, 5.74) is 0.932. The van der Waals surface area contributed by atoms with Crippen LogP contribution in [0.15, 0.2) is 30.3 Å². The van der Waals surface area contributed by atoms with Gasteiger partial charge in [0.15, 0.2) is 6.10 Å². The topological polar surface area (TPSA) is 29.5 Å². The number of benzene rings is 1. The molecule has 0 radical (unpaired) electrons. The maximum Gasteiger partial charge on any atom is 0.256 e. The van der Waals surface area contributed by atoms with Crippen LogP contribution in [0, 0.1) is 0 Å². The van der Waals surface area contributed by atoms with Crippen molar-refractivity contribution in [1.29, 1.82) is 0 Å². The van der Waals surface area contributed by atoms with Crippen LogP contribution >= 0.6 is 0 Å².